The second-order valence-corrected chi connectivity index (χ2v) is 4.63. The lowest BCUT2D eigenvalue weighted by Crippen LogP contribution is -2.41. The Bertz CT molecular complexity index is 496. The highest BCUT2D eigenvalue weighted by atomic mass is 19.1. The SMILES string of the molecule is COC(CNC(=O)N(C)Cc1cccc(F)c1)CC(=O)O. The van der Waals surface area contributed by atoms with Crippen LogP contribution in [0.2, 0.25) is 0 Å². The lowest BCUT2D eigenvalue weighted by Gasteiger charge is -2.20. The van der Waals surface area contributed by atoms with Crippen molar-refractivity contribution in [1.29, 1.82) is 0 Å². The minimum Gasteiger partial charge on any atom is -0.481 e. The van der Waals surface area contributed by atoms with Crippen molar-refractivity contribution in [1.82, 2.24) is 10.2 Å². The number of ether oxygens (including phenoxy) is 1. The third-order valence-corrected chi connectivity index (χ3v) is 2.87. The first kappa shape index (κ1) is 16.9. The summed E-state index contributed by atoms with van der Waals surface area (Å²) in [5.41, 5.74) is 0.668. The van der Waals surface area contributed by atoms with Crippen molar-refractivity contribution in [3.05, 3.63) is 35.6 Å². The average molecular weight is 298 g/mol. The molecule has 116 valence electrons. The first-order valence-corrected chi connectivity index (χ1v) is 6.40. The number of methoxy groups -OCH3 is 1. The number of carboxylic acid groups (broad SMARTS) is 1. The van der Waals surface area contributed by atoms with E-state index < -0.39 is 12.1 Å². The summed E-state index contributed by atoms with van der Waals surface area (Å²) in [7, 11) is 2.95. The van der Waals surface area contributed by atoms with Crippen LogP contribution >= 0.6 is 0 Å². The van der Waals surface area contributed by atoms with Crippen LogP contribution in [0.5, 0.6) is 0 Å². The number of hydrogen-bond acceptors (Lipinski definition) is 3. The van der Waals surface area contributed by atoms with Gasteiger partial charge in [0, 0.05) is 27.2 Å². The van der Waals surface area contributed by atoms with Crippen molar-refractivity contribution < 1.29 is 23.8 Å². The maximum absolute atomic E-state index is 13.0. The number of hydrogen-bond donors (Lipinski definition) is 2. The molecule has 0 saturated heterocycles. The van der Waals surface area contributed by atoms with Gasteiger partial charge in [-0.15, -0.1) is 0 Å². The smallest absolute Gasteiger partial charge is 0.317 e. The van der Waals surface area contributed by atoms with Crippen molar-refractivity contribution in [2.75, 3.05) is 20.7 Å². The molecule has 0 aromatic heterocycles. The van der Waals surface area contributed by atoms with E-state index in [0.717, 1.165) is 0 Å². The van der Waals surface area contributed by atoms with E-state index in [1.54, 1.807) is 19.2 Å². The van der Waals surface area contributed by atoms with Gasteiger partial charge < -0.3 is 20.1 Å². The Hall–Kier alpha value is -2.15. The number of nitrogens with zero attached hydrogens (tertiary/aromatic N) is 1. The van der Waals surface area contributed by atoms with Gasteiger partial charge in [0.1, 0.15) is 5.82 Å². The second-order valence-electron chi connectivity index (χ2n) is 4.63. The molecule has 21 heavy (non-hydrogen) atoms. The maximum Gasteiger partial charge on any atom is 0.317 e. The number of benzene rings is 1. The molecule has 0 radical (unpaired) electrons. The number of aliphatic carboxylic acids is 1. The van der Waals surface area contributed by atoms with Gasteiger partial charge in [-0.25, -0.2) is 9.18 Å². The van der Waals surface area contributed by atoms with Gasteiger partial charge in [0.05, 0.1) is 12.5 Å². The first-order valence-electron chi connectivity index (χ1n) is 6.40. The van der Waals surface area contributed by atoms with Crippen molar-refractivity contribution in [2.45, 2.75) is 19.1 Å². The Kier molecular flexibility index (Phi) is 6.61. The Morgan fingerprint density at radius 2 is 2.19 bits per heavy atom. The van der Waals surface area contributed by atoms with Crippen molar-refractivity contribution >= 4 is 12.0 Å². The molecule has 0 bridgehead atoms. The molecule has 0 spiro atoms. The summed E-state index contributed by atoms with van der Waals surface area (Å²) in [6.45, 7) is 0.343. The summed E-state index contributed by atoms with van der Waals surface area (Å²) >= 11 is 0. The third-order valence-electron chi connectivity index (χ3n) is 2.87. The largest absolute Gasteiger partial charge is 0.481 e. The van der Waals surface area contributed by atoms with Crippen molar-refractivity contribution in [3.8, 4) is 0 Å². The van der Waals surface area contributed by atoms with E-state index in [-0.39, 0.29) is 31.4 Å². The Balaban J connectivity index is 2.45. The quantitative estimate of drug-likeness (QED) is 0.798. The van der Waals surface area contributed by atoms with E-state index in [1.807, 2.05) is 0 Å². The molecule has 1 aromatic rings. The number of rotatable bonds is 7. The van der Waals surface area contributed by atoms with Crippen molar-refractivity contribution in [2.24, 2.45) is 0 Å². The zero-order valence-electron chi connectivity index (χ0n) is 12.0. The van der Waals surface area contributed by atoms with E-state index >= 15 is 0 Å². The van der Waals surface area contributed by atoms with Gasteiger partial charge in [-0.1, -0.05) is 12.1 Å². The third kappa shape index (κ3) is 6.22. The number of carboxylic acids is 1. The monoisotopic (exact) mass is 298 g/mol. The normalized spacial score (nSPS) is 11.8. The van der Waals surface area contributed by atoms with Gasteiger partial charge in [0.2, 0.25) is 0 Å². The molecule has 2 N–H and O–H groups in total. The van der Waals surface area contributed by atoms with E-state index in [4.69, 9.17) is 9.84 Å². The minimum absolute atomic E-state index is 0.0924. The zero-order valence-corrected chi connectivity index (χ0v) is 12.0. The van der Waals surface area contributed by atoms with Gasteiger partial charge in [-0.05, 0) is 17.7 Å². The number of halogens is 1. The first-order chi connectivity index (χ1) is 9.92. The van der Waals surface area contributed by atoms with E-state index in [9.17, 15) is 14.0 Å². The molecule has 0 aliphatic heterocycles. The number of urea groups is 1. The molecule has 2 amide bonds. The number of nitrogens with one attached hydrogen (secondary N) is 1. The highest BCUT2D eigenvalue weighted by Gasteiger charge is 2.15. The fraction of sp³-hybridized carbons (Fsp3) is 0.429. The van der Waals surface area contributed by atoms with E-state index in [1.165, 1.54) is 24.1 Å². The van der Waals surface area contributed by atoms with Gasteiger partial charge in [0.25, 0.3) is 0 Å². The maximum atomic E-state index is 13.0. The van der Waals surface area contributed by atoms with Gasteiger partial charge >= 0.3 is 12.0 Å². The summed E-state index contributed by atoms with van der Waals surface area (Å²) in [6.07, 6.45) is -0.779. The predicted molar refractivity (Wildman–Crippen MR) is 74.3 cm³/mol. The molecule has 0 aliphatic carbocycles. The van der Waals surface area contributed by atoms with Crippen LogP contribution in [-0.4, -0.2) is 48.8 Å². The molecular formula is C14H19FN2O4. The fourth-order valence-electron chi connectivity index (χ4n) is 1.75. The van der Waals surface area contributed by atoms with Crippen LogP contribution < -0.4 is 5.32 Å². The topological polar surface area (TPSA) is 78.9 Å². The number of carbonyl (C=O) groups is 2. The van der Waals surface area contributed by atoms with Gasteiger partial charge in [-0.3, -0.25) is 4.79 Å². The Morgan fingerprint density at radius 1 is 1.48 bits per heavy atom. The molecule has 7 heteroatoms. The van der Waals surface area contributed by atoms with Crippen LogP contribution in [0, 0.1) is 5.82 Å². The standard InChI is InChI=1S/C14H19FN2O4/c1-17(9-10-4-3-5-11(15)6-10)14(20)16-8-12(21-2)7-13(18)19/h3-6,12H,7-9H2,1-2H3,(H,16,20)(H,18,19). The summed E-state index contributed by atoms with van der Waals surface area (Å²) < 4.78 is 18.0. The average Bonchev–Trinajstić information content (AvgIpc) is 2.42. The number of amides is 2. The Morgan fingerprint density at radius 3 is 2.76 bits per heavy atom. The molecule has 0 heterocycles. The van der Waals surface area contributed by atoms with Gasteiger partial charge in [-0.2, -0.15) is 0 Å². The molecule has 0 saturated carbocycles. The predicted octanol–water partition coefficient (Wildman–Crippen LogP) is 1.46. The van der Waals surface area contributed by atoms with Crippen molar-refractivity contribution in [3.63, 3.8) is 0 Å². The molecule has 0 fully saturated rings. The lowest BCUT2D eigenvalue weighted by molar-refractivity contribution is -0.139. The highest BCUT2D eigenvalue weighted by Crippen LogP contribution is 2.06. The van der Waals surface area contributed by atoms with Crippen LogP contribution in [0.25, 0.3) is 0 Å². The molecule has 1 unspecified atom stereocenters. The van der Waals surface area contributed by atoms with Crippen LogP contribution in [0.1, 0.15) is 12.0 Å². The van der Waals surface area contributed by atoms with Crippen LogP contribution in [-0.2, 0) is 16.1 Å². The molecular weight excluding hydrogens is 279 g/mol. The summed E-state index contributed by atoms with van der Waals surface area (Å²) in [5.74, 6) is -1.36. The van der Waals surface area contributed by atoms with E-state index in [0.29, 0.717) is 5.56 Å². The summed E-state index contributed by atoms with van der Waals surface area (Å²) in [6, 6.07) is 5.59. The van der Waals surface area contributed by atoms with Crippen LogP contribution in [0.15, 0.2) is 24.3 Å². The fourth-order valence-corrected chi connectivity index (χ4v) is 1.75. The highest BCUT2D eigenvalue weighted by molar-refractivity contribution is 5.74. The molecule has 1 atom stereocenters. The van der Waals surface area contributed by atoms with Crippen LogP contribution in [0.3, 0.4) is 0 Å². The molecule has 1 rings (SSSR count). The zero-order chi connectivity index (χ0) is 15.8. The molecule has 6 nitrogen and oxygen atoms in total. The second kappa shape index (κ2) is 8.21. The Labute approximate surface area is 122 Å². The summed E-state index contributed by atoms with van der Waals surface area (Å²) in [5, 5.41) is 11.3. The molecule has 1 aromatic carbocycles. The molecule has 0 aliphatic rings. The summed E-state index contributed by atoms with van der Waals surface area (Å²) in [4.78, 5) is 23.8. The van der Waals surface area contributed by atoms with Gasteiger partial charge in [0.15, 0.2) is 0 Å². The lowest BCUT2D eigenvalue weighted by atomic mass is 10.2. The minimum atomic E-state index is -0.996. The van der Waals surface area contributed by atoms with E-state index in [2.05, 4.69) is 5.32 Å². The van der Waals surface area contributed by atoms with Crippen LogP contribution in [0.4, 0.5) is 9.18 Å². The number of carbonyl (C=O) groups excluding carboxylic acids is 1.